The van der Waals surface area contributed by atoms with Crippen LogP contribution in [0.2, 0.25) is 0 Å². The van der Waals surface area contributed by atoms with Gasteiger partial charge in [0.1, 0.15) is 12.1 Å². The summed E-state index contributed by atoms with van der Waals surface area (Å²) in [5.74, 6) is 1.43. The molecule has 0 unspecified atom stereocenters. The lowest BCUT2D eigenvalue weighted by Crippen LogP contribution is -2.71. The SMILES string of the molecule is CS(=O)(=O)c1cc(F)ccc1CC1CC2(C1)CN(C(=O)N1CC3(CC(n4cnc(C5CC5)n4)C3)C1)C2. The second-order valence-electron chi connectivity index (χ2n) is 12.4. The fourth-order valence-electron chi connectivity index (χ4n) is 7.30. The third-order valence-electron chi connectivity index (χ3n) is 9.21. The number of hydrogen-bond donors (Lipinski definition) is 0. The third kappa shape index (κ3) is 3.74. The van der Waals surface area contributed by atoms with Crippen LogP contribution in [0.5, 0.6) is 0 Å². The number of sulfone groups is 1. The minimum absolute atomic E-state index is 0.103. The van der Waals surface area contributed by atoms with Gasteiger partial charge >= 0.3 is 6.03 Å². The molecule has 0 bridgehead atoms. The number of benzene rings is 1. The van der Waals surface area contributed by atoms with Gasteiger partial charge in [-0.05, 0) is 68.6 Å². The number of urea groups is 1. The van der Waals surface area contributed by atoms with Crippen molar-refractivity contribution in [2.24, 2.45) is 16.7 Å². The molecule has 2 aliphatic heterocycles. The van der Waals surface area contributed by atoms with Crippen LogP contribution in [0.1, 0.15) is 61.9 Å². The van der Waals surface area contributed by atoms with Gasteiger partial charge in [0.2, 0.25) is 0 Å². The van der Waals surface area contributed by atoms with Gasteiger partial charge < -0.3 is 9.80 Å². The smallest absolute Gasteiger partial charge is 0.320 e. The van der Waals surface area contributed by atoms with Crippen LogP contribution in [0.25, 0.3) is 0 Å². The predicted octanol–water partition coefficient (Wildman–Crippen LogP) is 3.41. The molecule has 2 spiro atoms. The Balaban J connectivity index is 0.871. The van der Waals surface area contributed by atoms with Gasteiger partial charge in [-0.25, -0.2) is 27.3 Å². The molecule has 0 atom stereocenters. The number of likely N-dealkylation sites (tertiary alicyclic amines) is 2. The zero-order valence-electron chi connectivity index (χ0n) is 20.6. The molecular weight excluding hydrogens is 481 g/mol. The van der Waals surface area contributed by atoms with Crippen molar-refractivity contribution >= 4 is 15.9 Å². The Hall–Kier alpha value is -2.49. The van der Waals surface area contributed by atoms with Crippen molar-refractivity contribution in [2.45, 2.75) is 61.8 Å². The van der Waals surface area contributed by atoms with Crippen LogP contribution in [-0.4, -0.2) is 71.4 Å². The highest BCUT2D eigenvalue weighted by Crippen LogP contribution is 2.56. The minimum Gasteiger partial charge on any atom is -0.323 e. The van der Waals surface area contributed by atoms with Crippen LogP contribution < -0.4 is 0 Å². The second-order valence-corrected chi connectivity index (χ2v) is 14.4. The first-order valence-corrected chi connectivity index (χ1v) is 14.9. The number of hydrogen-bond acceptors (Lipinski definition) is 5. The van der Waals surface area contributed by atoms with Gasteiger partial charge in [0.15, 0.2) is 15.7 Å². The molecule has 7 rings (SSSR count). The lowest BCUT2D eigenvalue weighted by Gasteiger charge is -2.63. The van der Waals surface area contributed by atoms with Crippen molar-refractivity contribution < 1.29 is 17.6 Å². The summed E-state index contributed by atoms with van der Waals surface area (Å²) in [7, 11) is -3.46. The van der Waals surface area contributed by atoms with Crippen LogP contribution in [0.4, 0.5) is 9.18 Å². The maximum atomic E-state index is 13.6. The van der Waals surface area contributed by atoms with Gasteiger partial charge in [0.25, 0.3) is 0 Å². The number of carbonyl (C=O) groups excluding carboxylic acids is 1. The third-order valence-corrected chi connectivity index (χ3v) is 10.4. The van der Waals surface area contributed by atoms with Crippen LogP contribution >= 0.6 is 0 Å². The number of rotatable bonds is 5. The Morgan fingerprint density at radius 2 is 1.69 bits per heavy atom. The number of halogens is 1. The van der Waals surface area contributed by atoms with E-state index in [0.717, 1.165) is 70.0 Å². The Morgan fingerprint density at radius 3 is 2.31 bits per heavy atom. The summed E-state index contributed by atoms with van der Waals surface area (Å²) in [5, 5.41) is 4.68. The molecular formula is C26H32FN5O3S. The van der Waals surface area contributed by atoms with Gasteiger partial charge in [0, 0.05) is 49.2 Å². The van der Waals surface area contributed by atoms with Crippen LogP contribution in [0, 0.1) is 22.6 Å². The maximum absolute atomic E-state index is 13.6. The Bertz CT molecular complexity index is 1330. The lowest BCUT2D eigenvalue weighted by molar-refractivity contribution is -0.107. The van der Waals surface area contributed by atoms with Crippen molar-refractivity contribution in [1.29, 1.82) is 0 Å². The molecule has 3 aliphatic carbocycles. The number of nitrogens with zero attached hydrogens (tertiary/aromatic N) is 5. The van der Waals surface area contributed by atoms with Gasteiger partial charge in [-0.3, -0.25) is 0 Å². The molecule has 36 heavy (non-hydrogen) atoms. The summed E-state index contributed by atoms with van der Waals surface area (Å²) >= 11 is 0. The first kappa shape index (κ1) is 22.7. The average molecular weight is 514 g/mol. The van der Waals surface area contributed by atoms with E-state index in [9.17, 15) is 17.6 Å². The highest BCUT2D eigenvalue weighted by atomic mass is 32.2. The van der Waals surface area contributed by atoms with Gasteiger partial charge in [-0.15, -0.1) is 0 Å². The fraction of sp³-hybridized carbons (Fsp3) is 0.654. The van der Waals surface area contributed by atoms with Crippen LogP contribution in [0.3, 0.4) is 0 Å². The number of amides is 2. The normalized spacial score (nSPS) is 24.8. The molecule has 2 saturated heterocycles. The minimum atomic E-state index is -3.46. The van der Waals surface area contributed by atoms with Crippen molar-refractivity contribution in [3.63, 3.8) is 0 Å². The quantitative estimate of drug-likeness (QED) is 0.612. The molecule has 2 amide bonds. The second kappa shape index (κ2) is 7.52. The number of carbonyl (C=O) groups is 1. The highest BCUT2D eigenvalue weighted by Gasteiger charge is 2.58. The molecule has 8 nitrogen and oxygen atoms in total. The monoisotopic (exact) mass is 513 g/mol. The molecule has 1 aromatic carbocycles. The van der Waals surface area contributed by atoms with Gasteiger partial charge in [-0.2, -0.15) is 5.10 Å². The van der Waals surface area contributed by atoms with Crippen molar-refractivity contribution in [3.8, 4) is 0 Å². The summed E-state index contributed by atoms with van der Waals surface area (Å²) in [5.41, 5.74) is 1.15. The van der Waals surface area contributed by atoms with Crippen LogP contribution in [-0.2, 0) is 16.3 Å². The van der Waals surface area contributed by atoms with Crippen molar-refractivity contribution in [3.05, 3.63) is 41.7 Å². The van der Waals surface area contributed by atoms with Gasteiger partial charge in [0.05, 0.1) is 10.9 Å². The van der Waals surface area contributed by atoms with E-state index in [-0.39, 0.29) is 21.8 Å². The predicted molar refractivity (Wildman–Crippen MR) is 130 cm³/mol. The molecule has 0 N–H and O–H groups in total. The van der Waals surface area contributed by atoms with E-state index in [1.165, 1.54) is 18.9 Å². The standard InChI is InChI=1S/C26H32FN5O3S/c1-36(34,35)22-7-20(27)5-4-19(22)6-17-8-25(9-17)12-30(13-25)24(33)31-14-26(15-31)10-21(11-26)32-16-28-23(29-32)18-2-3-18/h4-5,7,16-18,21H,2-3,6,8-15H2,1H3. The molecule has 192 valence electrons. The van der Waals surface area contributed by atoms with Crippen molar-refractivity contribution in [1.82, 2.24) is 24.6 Å². The maximum Gasteiger partial charge on any atom is 0.320 e. The van der Waals surface area contributed by atoms with E-state index in [2.05, 4.69) is 10.1 Å². The zero-order valence-corrected chi connectivity index (χ0v) is 21.4. The average Bonchev–Trinajstić information content (AvgIpc) is 3.44. The largest absolute Gasteiger partial charge is 0.323 e. The molecule has 1 aromatic heterocycles. The number of aromatic nitrogens is 3. The summed E-state index contributed by atoms with van der Waals surface area (Å²) < 4.78 is 39.8. The van der Waals surface area contributed by atoms with E-state index in [4.69, 9.17) is 0 Å². The molecule has 3 heterocycles. The zero-order chi connectivity index (χ0) is 24.9. The van der Waals surface area contributed by atoms with Crippen LogP contribution in [0.15, 0.2) is 29.4 Å². The van der Waals surface area contributed by atoms with E-state index < -0.39 is 15.7 Å². The Morgan fingerprint density at radius 1 is 1.06 bits per heavy atom. The molecule has 0 radical (unpaired) electrons. The molecule has 5 fully saturated rings. The molecule has 2 aromatic rings. The Kier molecular flexibility index (Phi) is 4.74. The highest BCUT2D eigenvalue weighted by molar-refractivity contribution is 7.90. The van der Waals surface area contributed by atoms with E-state index >= 15 is 0 Å². The Labute approximate surface area is 210 Å². The summed E-state index contributed by atoms with van der Waals surface area (Å²) in [6.07, 6.45) is 10.2. The summed E-state index contributed by atoms with van der Waals surface area (Å²) in [6, 6.07) is 4.65. The topological polar surface area (TPSA) is 88.4 Å². The van der Waals surface area contributed by atoms with Gasteiger partial charge in [-0.1, -0.05) is 6.07 Å². The van der Waals surface area contributed by atoms with E-state index in [1.54, 1.807) is 6.07 Å². The van der Waals surface area contributed by atoms with E-state index in [1.807, 2.05) is 20.8 Å². The molecule has 10 heteroatoms. The first-order valence-electron chi connectivity index (χ1n) is 13.0. The summed E-state index contributed by atoms with van der Waals surface area (Å²) in [6.45, 7) is 3.27. The molecule has 3 saturated carbocycles. The van der Waals surface area contributed by atoms with Crippen molar-refractivity contribution in [2.75, 3.05) is 32.4 Å². The summed E-state index contributed by atoms with van der Waals surface area (Å²) in [4.78, 5) is 21.5. The fourth-order valence-corrected chi connectivity index (χ4v) is 8.25. The lowest BCUT2D eigenvalue weighted by atomic mass is 9.56. The molecule has 5 aliphatic rings. The van der Waals surface area contributed by atoms with E-state index in [0.29, 0.717) is 29.9 Å². The first-order chi connectivity index (χ1) is 17.1.